The Labute approximate surface area is 130 Å². The van der Waals surface area contributed by atoms with Gasteiger partial charge in [0.05, 0.1) is 0 Å². The van der Waals surface area contributed by atoms with Crippen molar-refractivity contribution in [3.05, 3.63) is 18.0 Å². The van der Waals surface area contributed by atoms with Crippen molar-refractivity contribution < 1.29 is 13.2 Å². The van der Waals surface area contributed by atoms with E-state index in [-0.39, 0.29) is 10.8 Å². The van der Waals surface area contributed by atoms with Crippen LogP contribution < -0.4 is 0 Å². The van der Waals surface area contributed by atoms with E-state index in [0.29, 0.717) is 24.7 Å². The van der Waals surface area contributed by atoms with Gasteiger partial charge in [0.2, 0.25) is 0 Å². The van der Waals surface area contributed by atoms with Crippen LogP contribution in [0.3, 0.4) is 0 Å². The van der Waals surface area contributed by atoms with Crippen molar-refractivity contribution in [1.29, 1.82) is 0 Å². The van der Waals surface area contributed by atoms with Gasteiger partial charge in [-0.3, -0.25) is 4.79 Å². The van der Waals surface area contributed by atoms with E-state index in [2.05, 4.69) is 0 Å². The third-order valence-corrected chi connectivity index (χ3v) is 5.00. The van der Waals surface area contributed by atoms with E-state index in [1.54, 1.807) is 9.47 Å². The van der Waals surface area contributed by atoms with Crippen LogP contribution in [0.4, 0.5) is 0 Å². The van der Waals surface area contributed by atoms with Gasteiger partial charge in [0.25, 0.3) is 15.0 Å². The summed E-state index contributed by atoms with van der Waals surface area (Å²) in [6.45, 7) is 5.87. The van der Waals surface area contributed by atoms with Gasteiger partial charge in [0, 0.05) is 36.5 Å². The van der Waals surface area contributed by atoms with Gasteiger partial charge >= 0.3 is 0 Å². The van der Waals surface area contributed by atoms with Crippen molar-refractivity contribution >= 4 is 25.6 Å². The first kappa shape index (κ1) is 16.4. The number of aromatic nitrogens is 1. The maximum absolute atomic E-state index is 12.6. The minimum absolute atomic E-state index is 0.0107. The molecule has 0 atom stereocenters. The average Bonchev–Trinajstić information content (AvgIpc) is 3.12. The Morgan fingerprint density at radius 1 is 1.43 bits per heavy atom. The fourth-order valence-corrected chi connectivity index (χ4v) is 3.11. The number of hydrogen-bond donors (Lipinski definition) is 0. The highest BCUT2D eigenvalue weighted by atomic mass is 35.7. The molecule has 1 aromatic rings. The molecule has 1 heterocycles. The molecule has 2 rings (SSSR count). The lowest BCUT2D eigenvalue weighted by Crippen LogP contribution is -2.34. The SMILES string of the molecule is CCCn1cc(S(=O)(=O)Cl)cc1C(=O)N(CC)CC1CC1. The second kappa shape index (κ2) is 6.40. The van der Waals surface area contributed by atoms with E-state index in [1.165, 1.54) is 25.1 Å². The molecule has 0 aromatic carbocycles. The van der Waals surface area contributed by atoms with Crippen molar-refractivity contribution in [2.24, 2.45) is 5.92 Å². The summed E-state index contributed by atoms with van der Waals surface area (Å²) in [4.78, 5) is 14.4. The Kier molecular flexibility index (Phi) is 4.99. The summed E-state index contributed by atoms with van der Waals surface area (Å²) in [5.41, 5.74) is 0.401. The van der Waals surface area contributed by atoms with Gasteiger partial charge in [-0.2, -0.15) is 0 Å². The summed E-state index contributed by atoms with van der Waals surface area (Å²) in [6.07, 6.45) is 4.59. The molecule has 5 nitrogen and oxygen atoms in total. The molecule has 1 saturated carbocycles. The molecule has 21 heavy (non-hydrogen) atoms. The highest BCUT2D eigenvalue weighted by molar-refractivity contribution is 8.13. The highest BCUT2D eigenvalue weighted by Gasteiger charge is 2.28. The molecule has 0 radical (unpaired) electrons. The van der Waals surface area contributed by atoms with Crippen molar-refractivity contribution in [3.63, 3.8) is 0 Å². The predicted octanol–water partition coefficient (Wildman–Crippen LogP) is 2.70. The number of rotatable bonds is 7. The smallest absolute Gasteiger partial charge is 0.270 e. The third kappa shape index (κ3) is 4.01. The third-order valence-electron chi connectivity index (χ3n) is 3.68. The van der Waals surface area contributed by atoms with Crippen molar-refractivity contribution in [2.75, 3.05) is 13.1 Å². The molecule has 0 aliphatic heterocycles. The normalized spacial score (nSPS) is 15.2. The molecule has 118 valence electrons. The Morgan fingerprint density at radius 2 is 2.10 bits per heavy atom. The van der Waals surface area contributed by atoms with Crippen LogP contribution in [0.5, 0.6) is 0 Å². The van der Waals surface area contributed by atoms with E-state index in [1.807, 2.05) is 13.8 Å². The predicted molar refractivity (Wildman–Crippen MR) is 82.1 cm³/mol. The maximum Gasteiger partial charge on any atom is 0.270 e. The van der Waals surface area contributed by atoms with E-state index in [0.717, 1.165) is 13.0 Å². The van der Waals surface area contributed by atoms with Crippen molar-refractivity contribution in [2.45, 2.75) is 44.6 Å². The van der Waals surface area contributed by atoms with Gasteiger partial charge in [-0.05, 0) is 38.2 Å². The molecular weight excluding hydrogens is 312 g/mol. The number of carbonyl (C=O) groups excluding carboxylic acids is 1. The van der Waals surface area contributed by atoms with E-state index >= 15 is 0 Å². The Bertz CT molecular complexity index is 620. The Hall–Kier alpha value is -1.01. The zero-order chi connectivity index (χ0) is 15.6. The fourth-order valence-electron chi connectivity index (χ4n) is 2.35. The van der Waals surface area contributed by atoms with Crippen LogP contribution in [0.25, 0.3) is 0 Å². The van der Waals surface area contributed by atoms with Gasteiger partial charge in [-0.25, -0.2) is 8.42 Å². The van der Waals surface area contributed by atoms with Crippen LogP contribution in [0.2, 0.25) is 0 Å². The van der Waals surface area contributed by atoms with Crippen LogP contribution in [0.1, 0.15) is 43.6 Å². The van der Waals surface area contributed by atoms with E-state index < -0.39 is 9.05 Å². The molecule has 7 heteroatoms. The molecule has 0 saturated heterocycles. The lowest BCUT2D eigenvalue weighted by atomic mass is 10.3. The summed E-state index contributed by atoms with van der Waals surface area (Å²) in [5, 5.41) is 0. The van der Waals surface area contributed by atoms with Crippen LogP contribution in [0.15, 0.2) is 17.2 Å². The first-order valence-electron chi connectivity index (χ1n) is 7.30. The van der Waals surface area contributed by atoms with Gasteiger partial charge in [-0.1, -0.05) is 6.92 Å². The Morgan fingerprint density at radius 3 is 2.57 bits per heavy atom. The second-order valence-corrected chi connectivity index (χ2v) is 8.05. The van der Waals surface area contributed by atoms with Gasteiger partial charge in [-0.15, -0.1) is 0 Å². The van der Waals surface area contributed by atoms with Crippen LogP contribution >= 0.6 is 10.7 Å². The number of aryl methyl sites for hydroxylation is 1. The summed E-state index contributed by atoms with van der Waals surface area (Å²) < 4.78 is 24.6. The summed E-state index contributed by atoms with van der Waals surface area (Å²) >= 11 is 0. The summed E-state index contributed by atoms with van der Waals surface area (Å²) in [5.74, 6) is 0.476. The number of hydrogen-bond acceptors (Lipinski definition) is 3. The second-order valence-electron chi connectivity index (χ2n) is 5.48. The fraction of sp³-hybridized carbons (Fsp3) is 0.643. The molecular formula is C14H21ClN2O3S. The molecule has 0 unspecified atom stereocenters. The molecule has 1 aromatic heterocycles. The monoisotopic (exact) mass is 332 g/mol. The maximum atomic E-state index is 12.6. The first-order chi connectivity index (χ1) is 9.86. The minimum atomic E-state index is -3.82. The van der Waals surface area contributed by atoms with Crippen molar-refractivity contribution in [3.8, 4) is 0 Å². The zero-order valence-corrected chi connectivity index (χ0v) is 14.0. The quantitative estimate of drug-likeness (QED) is 0.721. The van der Waals surface area contributed by atoms with Crippen LogP contribution in [-0.2, 0) is 15.6 Å². The molecule has 1 fully saturated rings. The molecule has 1 aliphatic carbocycles. The lowest BCUT2D eigenvalue weighted by Gasteiger charge is -2.21. The molecule has 0 spiro atoms. The minimum Gasteiger partial charge on any atom is -0.342 e. The number of carbonyl (C=O) groups is 1. The molecule has 0 N–H and O–H groups in total. The van der Waals surface area contributed by atoms with Crippen LogP contribution in [0, 0.1) is 5.92 Å². The first-order valence-corrected chi connectivity index (χ1v) is 9.61. The standard InChI is InChI=1S/C14H21ClN2O3S/c1-3-7-17-10-12(21(15,19)20)8-13(17)14(18)16(4-2)9-11-5-6-11/h8,10-11H,3-7,9H2,1-2H3. The average molecular weight is 333 g/mol. The highest BCUT2D eigenvalue weighted by Crippen LogP contribution is 2.30. The largest absolute Gasteiger partial charge is 0.342 e. The summed E-state index contributed by atoms with van der Waals surface area (Å²) in [7, 11) is 1.57. The number of amides is 1. The molecule has 1 aliphatic rings. The van der Waals surface area contributed by atoms with Crippen LogP contribution in [-0.4, -0.2) is 36.9 Å². The van der Waals surface area contributed by atoms with Gasteiger partial charge in [0.1, 0.15) is 10.6 Å². The van der Waals surface area contributed by atoms with Gasteiger partial charge < -0.3 is 9.47 Å². The van der Waals surface area contributed by atoms with Gasteiger partial charge in [0.15, 0.2) is 0 Å². The summed E-state index contributed by atoms with van der Waals surface area (Å²) in [6, 6.07) is 1.38. The lowest BCUT2D eigenvalue weighted by molar-refractivity contribution is 0.0746. The van der Waals surface area contributed by atoms with E-state index in [9.17, 15) is 13.2 Å². The van der Waals surface area contributed by atoms with Crippen molar-refractivity contribution in [1.82, 2.24) is 9.47 Å². The van der Waals surface area contributed by atoms with E-state index in [4.69, 9.17) is 10.7 Å². The Balaban J connectivity index is 2.30. The molecule has 0 bridgehead atoms. The molecule has 1 amide bonds. The number of nitrogens with zero attached hydrogens (tertiary/aromatic N) is 2. The zero-order valence-electron chi connectivity index (χ0n) is 12.4. The topological polar surface area (TPSA) is 59.4 Å². The number of halogens is 1.